The standard InChI is InChI=1S/C22H33N3O2/c1-17(2)18-9-11-20(12-10-18)23-22(27)25-14-6-13-24(15-16-25)21(26)19-7-4-3-5-8-19/h9-12,17,19H,3-8,13-16H2,1-2H3,(H,23,27). The van der Waals surface area contributed by atoms with Gasteiger partial charge in [-0.1, -0.05) is 45.2 Å². The Labute approximate surface area is 163 Å². The molecule has 3 amide bonds. The molecule has 3 rings (SSSR count). The summed E-state index contributed by atoms with van der Waals surface area (Å²) in [6.07, 6.45) is 6.52. The summed E-state index contributed by atoms with van der Waals surface area (Å²) < 4.78 is 0. The first-order valence-corrected chi connectivity index (χ1v) is 10.5. The molecule has 0 bridgehead atoms. The van der Waals surface area contributed by atoms with Gasteiger partial charge in [-0.15, -0.1) is 0 Å². The number of carbonyl (C=O) groups is 2. The molecule has 2 fully saturated rings. The molecule has 1 saturated carbocycles. The van der Waals surface area contributed by atoms with Crippen molar-refractivity contribution >= 4 is 17.6 Å². The molecule has 0 radical (unpaired) electrons. The molecule has 5 nitrogen and oxygen atoms in total. The summed E-state index contributed by atoms with van der Waals surface area (Å²) in [6.45, 7) is 7.03. The number of carbonyl (C=O) groups excluding carboxylic acids is 2. The number of benzene rings is 1. The molecule has 0 spiro atoms. The van der Waals surface area contributed by atoms with Crippen LogP contribution in [0, 0.1) is 5.92 Å². The van der Waals surface area contributed by atoms with E-state index in [4.69, 9.17) is 0 Å². The minimum absolute atomic E-state index is 0.0701. The molecule has 1 heterocycles. The van der Waals surface area contributed by atoms with Gasteiger partial charge in [0.1, 0.15) is 0 Å². The maximum Gasteiger partial charge on any atom is 0.321 e. The molecule has 148 valence electrons. The fourth-order valence-electron chi connectivity index (χ4n) is 4.10. The first-order chi connectivity index (χ1) is 13.0. The molecular formula is C22H33N3O2. The highest BCUT2D eigenvalue weighted by atomic mass is 16.2. The number of hydrogen-bond donors (Lipinski definition) is 1. The molecule has 1 aromatic carbocycles. The fourth-order valence-corrected chi connectivity index (χ4v) is 4.10. The second-order valence-corrected chi connectivity index (χ2v) is 8.21. The highest BCUT2D eigenvalue weighted by molar-refractivity contribution is 5.89. The van der Waals surface area contributed by atoms with Gasteiger partial charge in [-0.2, -0.15) is 0 Å². The summed E-state index contributed by atoms with van der Waals surface area (Å²) in [5.41, 5.74) is 2.09. The third-order valence-electron chi connectivity index (χ3n) is 5.88. The van der Waals surface area contributed by atoms with E-state index >= 15 is 0 Å². The van der Waals surface area contributed by atoms with Gasteiger partial charge in [-0.05, 0) is 42.9 Å². The van der Waals surface area contributed by atoms with Crippen LogP contribution in [0.25, 0.3) is 0 Å². The molecule has 1 aromatic rings. The number of anilines is 1. The van der Waals surface area contributed by atoms with Crippen molar-refractivity contribution in [3.05, 3.63) is 29.8 Å². The average molecular weight is 372 g/mol. The van der Waals surface area contributed by atoms with E-state index in [9.17, 15) is 9.59 Å². The summed E-state index contributed by atoms with van der Waals surface area (Å²) in [7, 11) is 0. The van der Waals surface area contributed by atoms with Crippen LogP contribution in [-0.4, -0.2) is 47.9 Å². The van der Waals surface area contributed by atoms with Crippen LogP contribution in [0.2, 0.25) is 0 Å². The number of nitrogens with one attached hydrogen (secondary N) is 1. The van der Waals surface area contributed by atoms with Crippen LogP contribution in [0.15, 0.2) is 24.3 Å². The Bertz CT molecular complexity index is 635. The number of rotatable bonds is 3. The van der Waals surface area contributed by atoms with E-state index in [1.54, 1.807) is 0 Å². The first-order valence-electron chi connectivity index (χ1n) is 10.5. The summed E-state index contributed by atoms with van der Waals surface area (Å²) >= 11 is 0. The Morgan fingerprint density at radius 3 is 2.19 bits per heavy atom. The molecule has 1 saturated heterocycles. The topological polar surface area (TPSA) is 52.7 Å². The average Bonchev–Trinajstić information content (AvgIpc) is 2.95. The predicted octanol–water partition coefficient (Wildman–Crippen LogP) is 4.46. The first kappa shape index (κ1) is 19.7. The van der Waals surface area contributed by atoms with Crippen molar-refractivity contribution in [2.45, 2.75) is 58.3 Å². The molecule has 1 N–H and O–H groups in total. The molecule has 1 aliphatic carbocycles. The zero-order valence-corrected chi connectivity index (χ0v) is 16.7. The zero-order valence-electron chi connectivity index (χ0n) is 16.7. The minimum atomic E-state index is -0.0701. The fraction of sp³-hybridized carbons (Fsp3) is 0.636. The van der Waals surface area contributed by atoms with Gasteiger partial charge in [0, 0.05) is 37.8 Å². The molecule has 0 unspecified atom stereocenters. The molecule has 27 heavy (non-hydrogen) atoms. The molecule has 5 heteroatoms. The lowest BCUT2D eigenvalue weighted by molar-refractivity contribution is -0.136. The van der Waals surface area contributed by atoms with E-state index in [1.165, 1.54) is 24.8 Å². The van der Waals surface area contributed by atoms with Gasteiger partial charge in [-0.25, -0.2) is 4.79 Å². The van der Waals surface area contributed by atoms with Crippen molar-refractivity contribution in [3.8, 4) is 0 Å². The second kappa shape index (κ2) is 9.25. The number of amides is 3. The van der Waals surface area contributed by atoms with Gasteiger partial charge < -0.3 is 15.1 Å². The van der Waals surface area contributed by atoms with Crippen molar-refractivity contribution in [3.63, 3.8) is 0 Å². The second-order valence-electron chi connectivity index (χ2n) is 8.21. The van der Waals surface area contributed by atoms with Crippen LogP contribution in [0.4, 0.5) is 10.5 Å². The highest BCUT2D eigenvalue weighted by Gasteiger charge is 2.28. The molecule has 2 aliphatic rings. The summed E-state index contributed by atoms with van der Waals surface area (Å²) in [4.78, 5) is 29.2. The number of nitrogens with zero attached hydrogens (tertiary/aromatic N) is 2. The summed E-state index contributed by atoms with van der Waals surface area (Å²) in [5, 5.41) is 3.00. The van der Waals surface area contributed by atoms with E-state index in [1.807, 2.05) is 21.9 Å². The third kappa shape index (κ3) is 5.24. The Kier molecular flexibility index (Phi) is 6.75. The molecular weight excluding hydrogens is 338 g/mol. The highest BCUT2D eigenvalue weighted by Crippen LogP contribution is 2.26. The Morgan fingerprint density at radius 2 is 1.52 bits per heavy atom. The zero-order chi connectivity index (χ0) is 19.2. The lowest BCUT2D eigenvalue weighted by Gasteiger charge is -2.28. The van der Waals surface area contributed by atoms with Crippen LogP contribution in [0.5, 0.6) is 0 Å². The van der Waals surface area contributed by atoms with Crippen LogP contribution >= 0.6 is 0 Å². The van der Waals surface area contributed by atoms with Crippen molar-refractivity contribution in [1.29, 1.82) is 0 Å². The normalized spacial score (nSPS) is 19.1. The Balaban J connectivity index is 1.52. The van der Waals surface area contributed by atoms with Gasteiger partial charge in [0.15, 0.2) is 0 Å². The smallest absolute Gasteiger partial charge is 0.321 e. The van der Waals surface area contributed by atoms with Gasteiger partial charge >= 0.3 is 6.03 Å². The van der Waals surface area contributed by atoms with Gasteiger partial charge in [0.25, 0.3) is 0 Å². The Hall–Kier alpha value is -2.04. The molecule has 0 aromatic heterocycles. The van der Waals surface area contributed by atoms with Crippen LogP contribution < -0.4 is 5.32 Å². The Morgan fingerprint density at radius 1 is 0.889 bits per heavy atom. The lowest BCUT2D eigenvalue weighted by Crippen LogP contribution is -2.41. The van der Waals surface area contributed by atoms with Crippen molar-refractivity contribution < 1.29 is 9.59 Å². The maximum atomic E-state index is 12.8. The predicted molar refractivity (Wildman–Crippen MR) is 109 cm³/mol. The lowest BCUT2D eigenvalue weighted by atomic mass is 9.88. The summed E-state index contributed by atoms with van der Waals surface area (Å²) in [5.74, 6) is 0.993. The minimum Gasteiger partial charge on any atom is -0.341 e. The van der Waals surface area contributed by atoms with E-state index in [0.29, 0.717) is 31.5 Å². The quantitative estimate of drug-likeness (QED) is 0.853. The van der Waals surface area contributed by atoms with E-state index in [0.717, 1.165) is 31.5 Å². The molecule has 1 aliphatic heterocycles. The van der Waals surface area contributed by atoms with E-state index in [2.05, 4.69) is 31.3 Å². The number of hydrogen-bond acceptors (Lipinski definition) is 2. The van der Waals surface area contributed by atoms with Crippen LogP contribution in [-0.2, 0) is 4.79 Å². The summed E-state index contributed by atoms with van der Waals surface area (Å²) in [6, 6.07) is 7.98. The monoisotopic (exact) mass is 371 g/mol. The SMILES string of the molecule is CC(C)c1ccc(NC(=O)N2CCCN(C(=O)C3CCCCC3)CC2)cc1. The van der Waals surface area contributed by atoms with Crippen molar-refractivity contribution in [2.75, 3.05) is 31.5 Å². The third-order valence-corrected chi connectivity index (χ3v) is 5.88. The van der Waals surface area contributed by atoms with Gasteiger partial charge in [0.05, 0.1) is 0 Å². The van der Waals surface area contributed by atoms with E-state index in [-0.39, 0.29) is 11.9 Å². The number of urea groups is 1. The van der Waals surface area contributed by atoms with E-state index < -0.39 is 0 Å². The van der Waals surface area contributed by atoms with Crippen molar-refractivity contribution in [2.24, 2.45) is 5.92 Å². The van der Waals surface area contributed by atoms with Crippen LogP contribution in [0.1, 0.15) is 63.9 Å². The maximum absolute atomic E-state index is 12.8. The van der Waals surface area contributed by atoms with Gasteiger partial charge in [-0.3, -0.25) is 4.79 Å². The van der Waals surface area contributed by atoms with Gasteiger partial charge in [0.2, 0.25) is 5.91 Å². The van der Waals surface area contributed by atoms with Crippen molar-refractivity contribution in [1.82, 2.24) is 9.80 Å². The molecule has 0 atom stereocenters. The largest absolute Gasteiger partial charge is 0.341 e. The van der Waals surface area contributed by atoms with Crippen LogP contribution in [0.3, 0.4) is 0 Å².